The maximum Gasteiger partial charge on any atom is 0.276 e. The molecule has 1 aromatic heterocycles. The van der Waals surface area contributed by atoms with Gasteiger partial charge >= 0.3 is 0 Å². The highest BCUT2D eigenvalue weighted by Crippen LogP contribution is 2.42. The molecule has 2 heterocycles. The zero-order valence-corrected chi connectivity index (χ0v) is 18.3. The lowest BCUT2D eigenvalue weighted by molar-refractivity contribution is 0.0760. The zero-order chi connectivity index (χ0) is 21.4. The second-order valence-corrected chi connectivity index (χ2v) is 8.81. The minimum Gasteiger partial charge on any atom is -0.370 e. The zero-order valence-electron chi connectivity index (χ0n) is 18.3. The Balaban J connectivity index is 1.36. The Labute approximate surface area is 183 Å². The third kappa shape index (κ3) is 4.07. The Morgan fingerprint density at radius 3 is 2.13 bits per heavy atom. The Morgan fingerprint density at radius 2 is 1.48 bits per heavy atom. The normalized spacial score (nSPS) is 17.0. The van der Waals surface area contributed by atoms with Crippen molar-refractivity contribution in [3.63, 3.8) is 0 Å². The molecule has 1 aliphatic carbocycles. The number of anilines is 1. The quantitative estimate of drug-likeness (QED) is 0.643. The van der Waals surface area contributed by atoms with Gasteiger partial charge in [-0.1, -0.05) is 40.6 Å². The Morgan fingerprint density at radius 1 is 0.839 bits per heavy atom. The number of aromatic nitrogens is 3. The summed E-state index contributed by atoms with van der Waals surface area (Å²) < 4.78 is 1.88. The standard InChI is InChI=1S/C25H29N5O/c1-18-4-10-21(11-5-18)28-14-3-15-29(17-16-28)25(31)23-24(20-8-9-20)30(27-26-23)22-12-6-19(2)7-13-22/h4-7,10-13,20H,3,8-9,14-17H2,1-2H3. The lowest BCUT2D eigenvalue weighted by atomic mass is 10.1. The van der Waals surface area contributed by atoms with Crippen LogP contribution in [0, 0.1) is 13.8 Å². The van der Waals surface area contributed by atoms with Crippen LogP contribution < -0.4 is 4.90 Å². The van der Waals surface area contributed by atoms with Gasteiger partial charge in [-0.25, -0.2) is 4.68 Å². The van der Waals surface area contributed by atoms with E-state index in [1.807, 2.05) is 9.58 Å². The van der Waals surface area contributed by atoms with Gasteiger partial charge in [0.05, 0.1) is 11.4 Å². The smallest absolute Gasteiger partial charge is 0.276 e. The molecule has 31 heavy (non-hydrogen) atoms. The predicted molar refractivity (Wildman–Crippen MR) is 122 cm³/mol. The van der Waals surface area contributed by atoms with Crippen LogP contribution in [0.3, 0.4) is 0 Å². The van der Waals surface area contributed by atoms with Crippen molar-refractivity contribution in [1.82, 2.24) is 19.9 Å². The SMILES string of the molecule is Cc1ccc(N2CCCN(C(=O)c3nnn(-c4ccc(C)cc4)c3C3CC3)CC2)cc1. The molecule has 1 amide bonds. The summed E-state index contributed by atoms with van der Waals surface area (Å²) in [6, 6.07) is 16.9. The van der Waals surface area contributed by atoms with E-state index >= 15 is 0 Å². The maximum absolute atomic E-state index is 13.5. The minimum absolute atomic E-state index is 0.0195. The first-order chi connectivity index (χ1) is 15.1. The molecule has 0 unspecified atom stereocenters. The summed E-state index contributed by atoms with van der Waals surface area (Å²) in [5.74, 6) is 0.400. The van der Waals surface area contributed by atoms with Crippen LogP contribution in [0.4, 0.5) is 5.69 Å². The summed E-state index contributed by atoms with van der Waals surface area (Å²) in [6.07, 6.45) is 3.14. The molecule has 0 N–H and O–H groups in total. The molecule has 1 saturated carbocycles. The number of hydrogen-bond acceptors (Lipinski definition) is 4. The van der Waals surface area contributed by atoms with Crippen molar-refractivity contribution in [2.75, 3.05) is 31.1 Å². The van der Waals surface area contributed by atoms with E-state index in [1.165, 1.54) is 16.8 Å². The van der Waals surface area contributed by atoms with E-state index in [9.17, 15) is 4.79 Å². The lowest BCUT2D eigenvalue weighted by Crippen LogP contribution is -2.36. The van der Waals surface area contributed by atoms with E-state index in [0.717, 1.165) is 50.3 Å². The van der Waals surface area contributed by atoms with Crippen molar-refractivity contribution >= 4 is 11.6 Å². The van der Waals surface area contributed by atoms with Gasteiger partial charge < -0.3 is 9.80 Å². The lowest BCUT2D eigenvalue weighted by Gasteiger charge is -2.23. The fourth-order valence-electron chi connectivity index (χ4n) is 4.33. The molecule has 160 valence electrons. The Hall–Kier alpha value is -3.15. The van der Waals surface area contributed by atoms with Crippen LogP contribution in [0.5, 0.6) is 0 Å². The summed E-state index contributed by atoms with van der Waals surface area (Å²) in [5, 5.41) is 8.77. The van der Waals surface area contributed by atoms with Crippen LogP contribution in [-0.4, -0.2) is 52.0 Å². The molecule has 2 aliphatic rings. The van der Waals surface area contributed by atoms with Gasteiger partial charge in [0, 0.05) is 37.8 Å². The highest BCUT2D eigenvalue weighted by Gasteiger charge is 2.36. The second-order valence-electron chi connectivity index (χ2n) is 8.81. The van der Waals surface area contributed by atoms with Gasteiger partial charge in [-0.2, -0.15) is 0 Å². The molecule has 2 aromatic carbocycles. The molecular formula is C25H29N5O. The van der Waals surface area contributed by atoms with E-state index in [1.54, 1.807) is 0 Å². The van der Waals surface area contributed by atoms with Gasteiger partial charge in [-0.15, -0.1) is 5.10 Å². The minimum atomic E-state index is 0.0195. The number of amides is 1. The number of rotatable bonds is 4. The van der Waals surface area contributed by atoms with Crippen LogP contribution in [0.2, 0.25) is 0 Å². The summed E-state index contributed by atoms with van der Waals surface area (Å²) in [4.78, 5) is 17.8. The molecule has 1 aliphatic heterocycles. The predicted octanol–water partition coefficient (Wildman–Crippen LogP) is 4.11. The molecule has 6 nitrogen and oxygen atoms in total. The van der Waals surface area contributed by atoms with Gasteiger partial charge in [-0.05, 0) is 57.4 Å². The van der Waals surface area contributed by atoms with Crippen LogP contribution in [0.1, 0.15) is 52.5 Å². The monoisotopic (exact) mass is 415 g/mol. The molecule has 0 spiro atoms. The molecule has 0 radical (unpaired) electrons. The van der Waals surface area contributed by atoms with E-state index < -0.39 is 0 Å². The van der Waals surface area contributed by atoms with Crippen molar-refractivity contribution in [2.45, 2.75) is 39.0 Å². The topological polar surface area (TPSA) is 54.3 Å². The average molecular weight is 416 g/mol. The summed E-state index contributed by atoms with van der Waals surface area (Å²) in [5.41, 5.74) is 6.18. The van der Waals surface area contributed by atoms with Crippen molar-refractivity contribution in [3.8, 4) is 5.69 Å². The first kappa shape index (κ1) is 19.8. The van der Waals surface area contributed by atoms with Gasteiger partial charge in [0.2, 0.25) is 0 Å². The first-order valence-corrected chi connectivity index (χ1v) is 11.2. The number of nitrogens with zero attached hydrogens (tertiary/aromatic N) is 5. The molecule has 3 aromatic rings. The Kier molecular flexibility index (Phi) is 5.22. The molecule has 0 atom stereocenters. The molecule has 6 heteroatoms. The van der Waals surface area contributed by atoms with Crippen LogP contribution >= 0.6 is 0 Å². The van der Waals surface area contributed by atoms with E-state index in [4.69, 9.17) is 0 Å². The van der Waals surface area contributed by atoms with Crippen molar-refractivity contribution in [2.24, 2.45) is 0 Å². The number of hydrogen-bond donors (Lipinski definition) is 0. The average Bonchev–Trinajstić information content (AvgIpc) is 3.57. The molecule has 1 saturated heterocycles. The van der Waals surface area contributed by atoms with Crippen LogP contribution in [0.15, 0.2) is 48.5 Å². The highest BCUT2D eigenvalue weighted by molar-refractivity contribution is 5.93. The third-order valence-electron chi connectivity index (χ3n) is 6.33. The number of benzene rings is 2. The maximum atomic E-state index is 13.5. The van der Waals surface area contributed by atoms with Gasteiger partial charge in [0.25, 0.3) is 5.91 Å². The molecule has 2 fully saturated rings. The third-order valence-corrected chi connectivity index (χ3v) is 6.33. The van der Waals surface area contributed by atoms with Crippen molar-refractivity contribution < 1.29 is 4.79 Å². The fourth-order valence-corrected chi connectivity index (χ4v) is 4.33. The van der Waals surface area contributed by atoms with Crippen molar-refractivity contribution in [3.05, 3.63) is 71.0 Å². The number of carbonyl (C=O) groups excluding carboxylic acids is 1. The van der Waals surface area contributed by atoms with E-state index in [-0.39, 0.29) is 5.91 Å². The van der Waals surface area contributed by atoms with E-state index in [0.29, 0.717) is 18.2 Å². The molecule has 0 bridgehead atoms. The van der Waals surface area contributed by atoms with Gasteiger partial charge in [0.1, 0.15) is 0 Å². The first-order valence-electron chi connectivity index (χ1n) is 11.2. The van der Waals surface area contributed by atoms with Crippen molar-refractivity contribution in [1.29, 1.82) is 0 Å². The highest BCUT2D eigenvalue weighted by atomic mass is 16.2. The van der Waals surface area contributed by atoms with Gasteiger partial charge in [0.15, 0.2) is 5.69 Å². The number of carbonyl (C=O) groups is 1. The van der Waals surface area contributed by atoms with Gasteiger partial charge in [-0.3, -0.25) is 4.79 Å². The molecule has 5 rings (SSSR count). The summed E-state index contributed by atoms with van der Waals surface area (Å²) >= 11 is 0. The van der Waals surface area contributed by atoms with Crippen LogP contribution in [-0.2, 0) is 0 Å². The van der Waals surface area contributed by atoms with E-state index in [2.05, 4.69) is 77.6 Å². The second kappa shape index (κ2) is 8.17. The molecular weight excluding hydrogens is 386 g/mol. The Bertz CT molecular complexity index is 1070. The van der Waals surface area contributed by atoms with Crippen LogP contribution in [0.25, 0.3) is 5.69 Å². The fraction of sp³-hybridized carbons (Fsp3) is 0.400. The summed E-state index contributed by atoms with van der Waals surface area (Å²) in [6.45, 7) is 7.42. The number of aryl methyl sites for hydroxylation is 2. The largest absolute Gasteiger partial charge is 0.370 e. The summed E-state index contributed by atoms with van der Waals surface area (Å²) in [7, 11) is 0.